The van der Waals surface area contributed by atoms with Gasteiger partial charge in [0.05, 0.1) is 6.10 Å². The molecule has 0 bridgehead atoms. The first-order chi connectivity index (χ1) is 8.17. The van der Waals surface area contributed by atoms with Crippen LogP contribution in [0.2, 0.25) is 0 Å². The second kappa shape index (κ2) is 7.30. The van der Waals surface area contributed by atoms with Crippen LogP contribution in [0.3, 0.4) is 0 Å². The molecule has 0 aromatic heterocycles. The Morgan fingerprint density at radius 3 is 2.47 bits per heavy atom. The minimum Gasteiger partial charge on any atom is -0.377 e. The summed E-state index contributed by atoms with van der Waals surface area (Å²) in [7, 11) is 2.10. The van der Waals surface area contributed by atoms with Crippen LogP contribution < -0.4 is 10.6 Å². The number of benzene rings is 1. The average Bonchev–Trinajstić information content (AvgIpc) is 2.35. The Morgan fingerprint density at radius 2 is 1.94 bits per heavy atom. The molecular formula is C14H24N2O. The van der Waals surface area contributed by atoms with Crippen LogP contribution in [0.25, 0.3) is 0 Å². The maximum absolute atomic E-state index is 5.66. The number of ether oxygens (including phenoxy) is 1. The molecule has 0 fully saturated rings. The van der Waals surface area contributed by atoms with E-state index in [2.05, 4.69) is 43.1 Å². The first kappa shape index (κ1) is 14.0. The van der Waals surface area contributed by atoms with Gasteiger partial charge in [-0.25, -0.2) is 0 Å². The maximum Gasteiger partial charge on any atom is 0.0713 e. The summed E-state index contributed by atoms with van der Waals surface area (Å²) in [6, 6.07) is 8.56. The molecule has 0 amide bonds. The molecule has 1 aromatic rings. The summed E-state index contributed by atoms with van der Waals surface area (Å²) in [5.41, 5.74) is 8.19. The second-order valence-electron chi connectivity index (χ2n) is 4.36. The van der Waals surface area contributed by atoms with E-state index in [-0.39, 0.29) is 6.10 Å². The van der Waals surface area contributed by atoms with Gasteiger partial charge in [0.1, 0.15) is 0 Å². The van der Waals surface area contributed by atoms with Gasteiger partial charge < -0.3 is 15.4 Å². The third-order valence-electron chi connectivity index (χ3n) is 2.93. The first-order valence-electron chi connectivity index (χ1n) is 6.26. The van der Waals surface area contributed by atoms with Crippen molar-refractivity contribution in [1.29, 1.82) is 0 Å². The molecule has 0 saturated carbocycles. The highest BCUT2D eigenvalue weighted by atomic mass is 16.5. The van der Waals surface area contributed by atoms with E-state index in [0.717, 1.165) is 19.6 Å². The van der Waals surface area contributed by atoms with E-state index >= 15 is 0 Å². The van der Waals surface area contributed by atoms with Crippen LogP contribution in [0.15, 0.2) is 24.3 Å². The molecule has 3 nitrogen and oxygen atoms in total. The van der Waals surface area contributed by atoms with Crippen molar-refractivity contribution in [2.75, 3.05) is 31.6 Å². The fourth-order valence-electron chi connectivity index (χ4n) is 1.77. The summed E-state index contributed by atoms with van der Waals surface area (Å²) in [5, 5.41) is 0. The van der Waals surface area contributed by atoms with Gasteiger partial charge in [-0.1, -0.05) is 17.7 Å². The summed E-state index contributed by atoms with van der Waals surface area (Å²) in [4.78, 5) is 2.24. The Labute approximate surface area is 105 Å². The van der Waals surface area contributed by atoms with Crippen LogP contribution in [0.5, 0.6) is 0 Å². The molecule has 0 heterocycles. The van der Waals surface area contributed by atoms with Gasteiger partial charge >= 0.3 is 0 Å². The standard InChI is InChI=1S/C14H24N2O/c1-4-17-14(11-15)9-10-16(3)13-7-5-12(2)6-8-13/h5-8,14H,4,9-11,15H2,1-3H3. The van der Waals surface area contributed by atoms with Crippen LogP contribution in [0, 0.1) is 6.92 Å². The third-order valence-corrected chi connectivity index (χ3v) is 2.93. The normalized spacial score (nSPS) is 12.5. The molecule has 0 aliphatic heterocycles. The number of rotatable bonds is 7. The summed E-state index contributed by atoms with van der Waals surface area (Å²) in [6.45, 7) is 6.40. The zero-order valence-electron chi connectivity index (χ0n) is 11.1. The molecule has 0 spiro atoms. The van der Waals surface area contributed by atoms with Crippen molar-refractivity contribution < 1.29 is 4.74 Å². The van der Waals surface area contributed by atoms with E-state index < -0.39 is 0 Å². The van der Waals surface area contributed by atoms with E-state index in [4.69, 9.17) is 10.5 Å². The molecule has 1 rings (SSSR count). The third kappa shape index (κ3) is 4.75. The lowest BCUT2D eigenvalue weighted by atomic mass is 10.2. The van der Waals surface area contributed by atoms with E-state index in [0.29, 0.717) is 6.54 Å². The van der Waals surface area contributed by atoms with Crippen molar-refractivity contribution in [2.45, 2.75) is 26.4 Å². The molecule has 2 N–H and O–H groups in total. The number of hydrogen-bond donors (Lipinski definition) is 1. The van der Waals surface area contributed by atoms with Gasteiger partial charge in [0, 0.05) is 32.4 Å². The maximum atomic E-state index is 5.66. The SMILES string of the molecule is CCOC(CN)CCN(C)c1ccc(C)cc1. The molecule has 1 unspecified atom stereocenters. The molecule has 1 aromatic carbocycles. The number of nitrogens with two attached hydrogens (primary N) is 1. The van der Waals surface area contributed by atoms with E-state index in [1.807, 2.05) is 6.92 Å². The zero-order valence-corrected chi connectivity index (χ0v) is 11.1. The Bertz CT molecular complexity index is 311. The molecule has 0 saturated heterocycles. The van der Waals surface area contributed by atoms with Crippen LogP contribution in [0.1, 0.15) is 18.9 Å². The van der Waals surface area contributed by atoms with Gasteiger partial charge in [-0.3, -0.25) is 0 Å². The predicted molar refractivity (Wildman–Crippen MR) is 73.5 cm³/mol. The van der Waals surface area contributed by atoms with Gasteiger partial charge in [0.2, 0.25) is 0 Å². The zero-order chi connectivity index (χ0) is 12.7. The fraction of sp³-hybridized carbons (Fsp3) is 0.571. The topological polar surface area (TPSA) is 38.5 Å². The van der Waals surface area contributed by atoms with E-state index in [1.165, 1.54) is 11.3 Å². The average molecular weight is 236 g/mol. The molecule has 17 heavy (non-hydrogen) atoms. The van der Waals surface area contributed by atoms with Gasteiger partial charge in [-0.15, -0.1) is 0 Å². The Morgan fingerprint density at radius 1 is 1.29 bits per heavy atom. The van der Waals surface area contributed by atoms with Gasteiger partial charge in [-0.2, -0.15) is 0 Å². The lowest BCUT2D eigenvalue weighted by Gasteiger charge is -2.22. The van der Waals surface area contributed by atoms with Crippen molar-refractivity contribution >= 4 is 5.69 Å². The second-order valence-corrected chi connectivity index (χ2v) is 4.36. The molecule has 1 atom stereocenters. The quantitative estimate of drug-likeness (QED) is 0.788. The number of anilines is 1. The van der Waals surface area contributed by atoms with Gasteiger partial charge in [0.25, 0.3) is 0 Å². The Kier molecular flexibility index (Phi) is 6.01. The van der Waals surface area contributed by atoms with E-state index in [1.54, 1.807) is 0 Å². The van der Waals surface area contributed by atoms with Crippen molar-refractivity contribution in [3.63, 3.8) is 0 Å². The highest BCUT2D eigenvalue weighted by Gasteiger charge is 2.08. The summed E-state index contributed by atoms with van der Waals surface area (Å²) < 4.78 is 5.54. The highest BCUT2D eigenvalue weighted by molar-refractivity contribution is 5.46. The molecule has 96 valence electrons. The molecule has 0 aliphatic carbocycles. The van der Waals surface area contributed by atoms with Crippen LogP contribution >= 0.6 is 0 Å². The summed E-state index contributed by atoms with van der Waals surface area (Å²) in [5.74, 6) is 0. The van der Waals surface area contributed by atoms with Gasteiger partial charge in [-0.05, 0) is 32.4 Å². The highest BCUT2D eigenvalue weighted by Crippen LogP contribution is 2.14. The Hall–Kier alpha value is -1.06. The summed E-state index contributed by atoms with van der Waals surface area (Å²) in [6.07, 6.45) is 1.14. The van der Waals surface area contributed by atoms with Crippen molar-refractivity contribution in [3.8, 4) is 0 Å². The largest absolute Gasteiger partial charge is 0.377 e. The van der Waals surface area contributed by atoms with Crippen molar-refractivity contribution in [2.24, 2.45) is 5.73 Å². The van der Waals surface area contributed by atoms with Crippen LogP contribution in [-0.4, -0.2) is 32.8 Å². The fourth-order valence-corrected chi connectivity index (χ4v) is 1.77. The lowest BCUT2D eigenvalue weighted by Crippen LogP contribution is -2.29. The van der Waals surface area contributed by atoms with Crippen LogP contribution in [0.4, 0.5) is 5.69 Å². The Balaban J connectivity index is 2.43. The first-order valence-corrected chi connectivity index (χ1v) is 6.26. The predicted octanol–water partition coefficient (Wildman–Crippen LogP) is 2.19. The number of nitrogens with zero attached hydrogens (tertiary/aromatic N) is 1. The molecule has 3 heteroatoms. The van der Waals surface area contributed by atoms with Gasteiger partial charge in [0.15, 0.2) is 0 Å². The summed E-state index contributed by atoms with van der Waals surface area (Å²) >= 11 is 0. The van der Waals surface area contributed by atoms with Crippen molar-refractivity contribution in [1.82, 2.24) is 0 Å². The number of hydrogen-bond acceptors (Lipinski definition) is 3. The van der Waals surface area contributed by atoms with E-state index in [9.17, 15) is 0 Å². The molecular weight excluding hydrogens is 212 g/mol. The lowest BCUT2D eigenvalue weighted by molar-refractivity contribution is 0.0646. The minimum atomic E-state index is 0.174. The van der Waals surface area contributed by atoms with Crippen molar-refractivity contribution in [3.05, 3.63) is 29.8 Å². The smallest absolute Gasteiger partial charge is 0.0713 e. The molecule has 0 radical (unpaired) electrons. The molecule has 0 aliphatic rings. The van der Waals surface area contributed by atoms with Crippen LogP contribution in [-0.2, 0) is 4.74 Å². The minimum absolute atomic E-state index is 0.174. The number of aryl methyl sites for hydroxylation is 1. The monoisotopic (exact) mass is 236 g/mol.